The molecular formula is C13H7BrClNOS. The van der Waals surface area contributed by atoms with E-state index in [2.05, 4.69) is 21.2 Å². The van der Waals surface area contributed by atoms with E-state index in [1.165, 1.54) is 0 Å². The summed E-state index contributed by atoms with van der Waals surface area (Å²) in [4.78, 5) is 13.0. The number of hydrogen-bond donors (Lipinski definition) is 1. The molecule has 3 rings (SSSR count). The van der Waals surface area contributed by atoms with Gasteiger partial charge in [-0.3, -0.25) is 4.79 Å². The predicted octanol–water partition coefficient (Wildman–Crippen LogP) is 4.66. The minimum absolute atomic E-state index is 0.0863. The van der Waals surface area contributed by atoms with Gasteiger partial charge < -0.3 is 5.32 Å². The highest BCUT2D eigenvalue weighted by Gasteiger charge is 2.24. The zero-order chi connectivity index (χ0) is 12.7. The second-order valence-electron chi connectivity index (χ2n) is 3.84. The highest BCUT2D eigenvalue weighted by atomic mass is 79.9. The Labute approximate surface area is 121 Å². The van der Waals surface area contributed by atoms with Crippen LogP contribution in [0.2, 0.25) is 5.02 Å². The van der Waals surface area contributed by atoms with Gasteiger partial charge in [0.2, 0.25) is 0 Å². The lowest BCUT2D eigenvalue weighted by molar-refractivity contribution is -0.110. The molecule has 1 aromatic heterocycles. The van der Waals surface area contributed by atoms with Crippen molar-refractivity contribution in [2.24, 2.45) is 0 Å². The molecule has 18 heavy (non-hydrogen) atoms. The summed E-state index contributed by atoms with van der Waals surface area (Å²) < 4.78 is 1.05. The van der Waals surface area contributed by atoms with Crippen LogP contribution in [0.15, 0.2) is 34.1 Å². The molecule has 0 saturated carbocycles. The number of thiophene rings is 1. The van der Waals surface area contributed by atoms with Gasteiger partial charge >= 0.3 is 0 Å². The van der Waals surface area contributed by atoms with Gasteiger partial charge in [0.1, 0.15) is 0 Å². The number of halogens is 2. The minimum atomic E-state index is -0.0863. The largest absolute Gasteiger partial charge is 0.321 e. The minimum Gasteiger partial charge on any atom is -0.321 e. The van der Waals surface area contributed by atoms with Gasteiger partial charge in [-0.1, -0.05) is 17.7 Å². The lowest BCUT2D eigenvalue weighted by Crippen LogP contribution is -2.03. The van der Waals surface area contributed by atoms with Crippen molar-refractivity contribution in [3.8, 4) is 0 Å². The number of carbonyl (C=O) groups is 1. The summed E-state index contributed by atoms with van der Waals surface area (Å²) in [6.07, 6.45) is 1.89. The van der Waals surface area contributed by atoms with E-state index in [0.29, 0.717) is 10.6 Å². The van der Waals surface area contributed by atoms with Gasteiger partial charge in [-0.15, -0.1) is 11.3 Å². The fourth-order valence-corrected chi connectivity index (χ4v) is 3.40. The number of amides is 1. The van der Waals surface area contributed by atoms with Crippen LogP contribution >= 0.6 is 38.9 Å². The van der Waals surface area contributed by atoms with Crippen molar-refractivity contribution in [2.45, 2.75) is 0 Å². The van der Waals surface area contributed by atoms with E-state index in [1.807, 2.05) is 24.3 Å². The fraction of sp³-hybridized carbons (Fsp3) is 0. The molecule has 1 amide bonds. The number of carbonyl (C=O) groups excluding carboxylic acids is 1. The summed E-state index contributed by atoms with van der Waals surface area (Å²) in [5, 5.41) is 3.44. The Hall–Kier alpha value is -1.10. The van der Waals surface area contributed by atoms with Crippen LogP contribution in [-0.2, 0) is 4.79 Å². The summed E-state index contributed by atoms with van der Waals surface area (Å²) in [6, 6.07) is 9.36. The van der Waals surface area contributed by atoms with Crippen molar-refractivity contribution in [1.82, 2.24) is 0 Å². The molecule has 2 nitrogen and oxygen atoms in total. The van der Waals surface area contributed by atoms with E-state index in [4.69, 9.17) is 11.6 Å². The van der Waals surface area contributed by atoms with Crippen LogP contribution in [0.3, 0.4) is 0 Å². The Morgan fingerprint density at radius 1 is 1.28 bits per heavy atom. The van der Waals surface area contributed by atoms with Gasteiger partial charge in [0, 0.05) is 15.5 Å². The van der Waals surface area contributed by atoms with Gasteiger partial charge in [-0.05, 0) is 46.3 Å². The molecule has 5 heteroatoms. The SMILES string of the molecule is O=C1Nc2cc(Cl)ccc2/C1=C\c1ccc(Br)s1. The van der Waals surface area contributed by atoms with Crippen LogP contribution in [0.4, 0.5) is 5.69 Å². The Bertz CT molecular complexity index is 677. The fourth-order valence-electron chi connectivity index (χ4n) is 1.86. The second kappa shape index (κ2) is 4.53. The first kappa shape index (κ1) is 12.0. The second-order valence-corrected chi connectivity index (χ2v) is 6.77. The maximum Gasteiger partial charge on any atom is 0.256 e. The predicted molar refractivity (Wildman–Crippen MR) is 80.0 cm³/mol. The molecule has 0 bridgehead atoms. The normalized spacial score (nSPS) is 15.9. The standard InChI is InChI=1S/C13H7BrClNOS/c14-12-4-2-8(18-12)6-10-9-3-1-7(15)5-11(9)16-13(10)17/h1-6H,(H,16,17)/b10-6+. The van der Waals surface area contributed by atoms with Gasteiger partial charge in [0.25, 0.3) is 5.91 Å². The highest BCUT2D eigenvalue weighted by molar-refractivity contribution is 9.11. The van der Waals surface area contributed by atoms with Gasteiger partial charge in [0.05, 0.1) is 15.0 Å². The number of fused-ring (bicyclic) bond motifs is 1. The molecule has 0 radical (unpaired) electrons. The van der Waals surface area contributed by atoms with Crippen LogP contribution in [0.25, 0.3) is 11.6 Å². The Morgan fingerprint density at radius 2 is 2.11 bits per heavy atom. The van der Waals surface area contributed by atoms with Crippen LogP contribution in [-0.4, -0.2) is 5.91 Å². The quantitative estimate of drug-likeness (QED) is 0.752. The van der Waals surface area contributed by atoms with E-state index in [9.17, 15) is 4.79 Å². The van der Waals surface area contributed by atoms with Crippen molar-refractivity contribution in [1.29, 1.82) is 0 Å². The summed E-state index contributed by atoms with van der Waals surface area (Å²) in [5.74, 6) is -0.0863. The van der Waals surface area contributed by atoms with Crippen molar-refractivity contribution < 1.29 is 4.79 Å². The molecule has 0 saturated heterocycles. The molecule has 2 heterocycles. The maximum atomic E-state index is 11.9. The molecule has 1 aromatic carbocycles. The van der Waals surface area contributed by atoms with Gasteiger partial charge in [0.15, 0.2) is 0 Å². The molecule has 0 aliphatic carbocycles. The van der Waals surface area contributed by atoms with E-state index in [1.54, 1.807) is 23.5 Å². The van der Waals surface area contributed by atoms with E-state index < -0.39 is 0 Å². The first-order chi connectivity index (χ1) is 8.63. The van der Waals surface area contributed by atoms with Crippen molar-refractivity contribution in [3.63, 3.8) is 0 Å². The number of anilines is 1. The Kier molecular flexibility index (Phi) is 3.01. The zero-order valence-corrected chi connectivity index (χ0v) is 12.2. The molecule has 0 spiro atoms. The number of nitrogens with one attached hydrogen (secondary N) is 1. The smallest absolute Gasteiger partial charge is 0.256 e. The summed E-state index contributed by atoms with van der Waals surface area (Å²) >= 11 is 10.9. The molecule has 90 valence electrons. The third-order valence-corrected chi connectivity index (χ3v) is 4.45. The zero-order valence-electron chi connectivity index (χ0n) is 9.04. The lowest BCUT2D eigenvalue weighted by atomic mass is 10.1. The van der Waals surface area contributed by atoms with Crippen LogP contribution < -0.4 is 5.32 Å². The van der Waals surface area contributed by atoms with Crippen molar-refractivity contribution >= 4 is 62.1 Å². The maximum absolute atomic E-state index is 11.9. The summed E-state index contributed by atoms with van der Waals surface area (Å²) in [7, 11) is 0. The van der Waals surface area contributed by atoms with Crippen molar-refractivity contribution in [3.05, 3.63) is 49.6 Å². The van der Waals surface area contributed by atoms with Crippen LogP contribution in [0.1, 0.15) is 10.4 Å². The average molecular weight is 341 g/mol. The van der Waals surface area contributed by atoms with Crippen molar-refractivity contribution in [2.75, 3.05) is 5.32 Å². The van der Waals surface area contributed by atoms with Crippen LogP contribution in [0, 0.1) is 0 Å². The Balaban J connectivity index is 2.09. The average Bonchev–Trinajstić information content (AvgIpc) is 2.84. The number of benzene rings is 1. The molecule has 1 aliphatic heterocycles. The molecule has 1 N–H and O–H groups in total. The van der Waals surface area contributed by atoms with E-state index in [0.717, 1.165) is 19.9 Å². The highest BCUT2D eigenvalue weighted by Crippen LogP contribution is 2.36. The summed E-state index contributed by atoms with van der Waals surface area (Å²) in [5.41, 5.74) is 2.35. The molecule has 2 aromatic rings. The van der Waals surface area contributed by atoms with Gasteiger partial charge in [-0.2, -0.15) is 0 Å². The molecule has 1 aliphatic rings. The third-order valence-electron chi connectivity index (χ3n) is 2.65. The molecule has 0 atom stereocenters. The molecule has 0 unspecified atom stereocenters. The number of rotatable bonds is 1. The first-order valence-electron chi connectivity index (χ1n) is 5.22. The topological polar surface area (TPSA) is 29.1 Å². The van der Waals surface area contributed by atoms with Gasteiger partial charge in [-0.25, -0.2) is 0 Å². The van der Waals surface area contributed by atoms with E-state index in [-0.39, 0.29) is 5.91 Å². The Morgan fingerprint density at radius 3 is 2.83 bits per heavy atom. The number of hydrogen-bond acceptors (Lipinski definition) is 2. The first-order valence-corrected chi connectivity index (χ1v) is 7.20. The summed E-state index contributed by atoms with van der Waals surface area (Å²) in [6.45, 7) is 0. The molecule has 0 fully saturated rings. The monoisotopic (exact) mass is 339 g/mol. The lowest BCUT2D eigenvalue weighted by Gasteiger charge is -1.97. The molecular weight excluding hydrogens is 334 g/mol. The van der Waals surface area contributed by atoms with Crippen LogP contribution in [0.5, 0.6) is 0 Å². The third kappa shape index (κ3) is 2.11. The van der Waals surface area contributed by atoms with E-state index >= 15 is 0 Å².